The zero-order valence-electron chi connectivity index (χ0n) is 6.75. The highest BCUT2D eigenvalue weighted by atomic mass is 79.9. The van der Waals surface area contributed by atoms with Gasteiger partial charge < -0.3 is 4.74 Å². The number of ether oxygens (including phenoxy) is 1. The van der Waals surface area contributed by atoms with Crippen molar-refractivity contribution in [1.82, 2.24) is 0 Å². The molecule has 1 heterocycles. The van der Waals surface area contributed by atoms with Crippen molar-refractivity contribution in [2.45, 2.75) is 9.65 Å². The van der Waals surface area contributed by atoms with Crippen molar-refractivity contribution < 1.29 is 14.3 Å². The zero-order chi connectivity index (χ0) is 10.5. The Labute approximate surface area is 106 Å². The molecule has 2 rings (SSSR count). The van der Waals surface area contributed by atoms with E-state index in [0.29, 0.717) is 0 Å². The van der Waals surface area contributed by atoms with Crippen LogP contribution in [-0.2, 0) is 14.3 Å². The van der Waals surface area contributed by atoms with E-state index >= 15 is 0 Å². The number of fused-ring (bicyclic) bond motifs is 1. The Morgan fingerprint density at radius 3 is 2.50 bits per heavy atom. The van der Waals surface area contributed by atoms with Gasteiger partial charge in [0.05, 0.1) is 5.92 Å². The van der Waals surface area contributed by atoms with Crippen molar-refractivity contribution in [2.75, 3.05) is 0 Å². The molecule has 4 unspecified atom stereocenters. The number of hydrogen-bond acceptors (Lipinski definition) is 3. The number of halogens is 3. The highest BCUT2D eigenvalue weighted by molar-refractivity contribution is 9.12. The minimum Gasteiger partial charge on any atom is -0.392 e. The highest BCUT2D eigenvalue weighted by Gasteiger charge is 2.52. The molecule has 0 aromatic rings. The first-order chi connectivity index (χ1) is 6.52. The molecule has 0 aromatic heterocycles. The molecule has 0 spiro atoms. The van der Waals surface area contributed by atoms with Gasteiger partial charge in [-0.1, -0.05) is 53.9 Å². The summed E-state index contributed by atoms with van der Waals surface area (Å²) in [6, 6.07) is 0. The number of rotatable bonds is 0. The SMILES string of the molecule is O=C1OC(=O)C2C1C(Br)=CC(Br)C2Br. The van der Waals surface area contributed by atoms with E-state index in [-0.39, 0.29) is 9.65 Å². The molecular weight excluding hydrogens is 384 g/mol. The Morgan fingerprint density at radius 2 is 1.86 bits per heavy atom. The standard InChI is InChI=1S/C8H5Br3O3/c9-2-1-3(10)6(11)5-4(2)7(12)14-8(5)13/h1,3-6H. The van der Waals surface area contributed by atoms with Gasteiger partial charge in [-0.15, -0.1) is 0 Å². The molecule has 1 fully saturated rings. The molecule has 3 nitrogen and oxygen atoms in total. The van der Waals surface area contributed by atoms with Crippen LogP contribution in [0.1, 0.15) is 0 Å². The predicted octanol–water partition coefficient (Wildman–Crippen LogP) is 2.12. The third-order valence-electron chi connectivity index (χ3n) is 2.35. The summed E-state index contributed by atoms with van der Waals surface area (Å²) < 4.78 is 5.32. The van der Waals surface area contributed by atoms with Crippen LogP contribution in [0.3, 0.4) is 0 Å². The molecule has 1 aliphatic carbocycles. The molecular formula is C8H5Br3O3. The summed E-state index contributed by atoms with van der Waals surface area (Å²) in [4.78, 5) is 22.6. The molecule has 0 aromatic carbocycles. The van der Waals surface area contributed by atoms with Gasteiger partial charge in [-0.2, -0.15) is 0 Å². The Balaban J connectivity index is 2.43. The third kappa shape index (κ3) is 1.51. The van der Waals surface area contributed by atoms with Gasteiger partial charge in [0.2, 0.25) is 0 Å². The Hall–Kier alpha value is 0.320. The quantitative estimate of drug-likeness (QED) is 0.363. The van der Waals surface area contributed by atoms with Crippen LogP contribution in [0.2, 0.25) is 0 Å². The molecule has 0 N–H and O–H groups in total. The molecule has 0 bridgehead atoms. The lowest BCUT2D eigenvalue weighted by atomic mass is 9.86. The maximum Gasteiger partial charge on any atom is 0.322 e. The van der Waals surface area contributed by atoms with Gasteiger partial charge in [0.1, 0.15) is 5.92 Å². The van der Waals surface area contributed by atoms with Crippen molar-refractivity contribution in [2.24, 2.45) is 11.8 Å². The summed E-state index contributed by atoms with van der Waals surface area (Å²) in [5.41, 5.74) is 0. The van der Waals surface area contributed by atoms with Crippen LogP contribution in [-0.4, -0.2) is 21.6 Å². The molecule has 0 saturated carbocycles. The maximum atomic E-state index is 11.4. The first-order valence-corrected chi connectivity index (χ1v) is 6.55. The zero-order valence-corrected chi connectivity index (χ0v) is 11.5. The fourth-order valence-corrected chi connectivity index (χ4v) is 4.06. The van der Waals surface area contributed by atoms with Crippen LogP contribution < -0.4 is 0 Å². The number of alkyl halides is 2. The van der Waals surface area contributed by atoms with Gasteiger partial charge in [-0.3, -0.25) is 9.59 Å². The Morgan fingerprint density at radius 1 is 1.21 bits per heavy atom. The van der Waals surface area contributed by atoms with E-state index in [1.165, 1.54) is 0 Å². The van der Waals surface area contributed by atoms with Crippen LogP contribution >= 0.6 is 47.8 Å². The lowest BCUT2D eigenvalue weighted by molar-refractivity contribution is -0.153. The molecule has 76 valence electrons. The fourth-order valence-electron chi connectivity index (χ4n) is 1.66. The summed E-state index contributed by atoms with van der Waals surface area (Å²) in [5.74, 6) is -1.81. The van der Waals surface area contributed by atoms with Gasteiger partial charge in [-0.05, 0) is 0 Å². The number of hydrogen-bond donors (Lipinski definition) is 0. The first kappa shape index (κ1) is 10.8. The molecule has 14 heavy (non-hydrogen) atoms. The van der Waals surface area contributed by atoms with Crippen molar-refractivity contribution in [1.29, 1.82) is 0 Å². The van der Waals surface area contributed by atoms with Crippen molar-refractivity contribution in [3.05, 3.63) is 10.6 Å². The maximum absolute atomic E-state index is 11.4. The number of carbonyl (C=O) groups is 2. The van der Waals surface area contributed by atoms with E-state index < -0.39 is 23.8 Å². The van der Waals surface area contributed by atoms with E-state index in [1.54, 1.807) is 0 Å². The largest absolute Gasteiger partial charge is 0.392 e. The minimum atomic E-state index is -0.472. The van der Waals surface area contributed by atoms with E-state index in [9.17, 15) is 9.59 Å². The molecule has 1 saturated heterocycles. The molecule has 0 radical (unpaired) electrons. The summed E-state index contributed by atoms with van der Waals surface area (Å²) in [7, 11) is 0. The van der Waals surface area contributed by atoms with Crippen molar-refractivity contribution in [3.8, 4) is 0 Å². The van der Waals surface area contributed by atoms with Crippen LogP contribution in [0.15, 0.2) is 10.6 Å². The van der Waals surface area contributed by atoms with Gasteiger partial charge in [0.25, 0.3) is 0 Å². The normalized spacial score (nSPS) is 41.8. The van der Waals surface area contributed by atoms with E-state index in [0.717, 1.165) is 4.48 Å². The summed E-state index contributed by atoms with van der Waals surface area (Å²) in [6.45, 7) is 0. The second kappa shape index (κ2) is 3.72. The lowest BCUT2D eigenvalue weighted by Crippen LogP contribution is -2.35. The molecule has 1 aliphatic heterocycles. The van der Waals surface area contributed by atoms with Gasteiger partial charge in [0, 0.05) is 14.1 Å². The van der Waals surface area contributed by atoms with E-state index in [2.05, 4.69) is 52.5 Å². The molecule has 4 atom stereocenters. The smallest absolute Gasteiger partial charge is 0.322 e. The van der Waals surface area contributed by atoms with Crippen LogP contribution in [0.5, 0.6) is 0 Å². The number of carbonyl (C=O) groups excluding carboxylic acids is 2. The minimum absolute atomic E-state index is 0.0246. The fraction of sp³-hybridized carbons (Fsp3) is 0.500. The second-order valence-corrected chi connectivity index (χ2v) is 6.21. The van der Waals surface area contributed by atoms with Crippen LogP contribution in [0.25, 0.3) is 0 Å². The summed E-state index contributed by atoms with van der Waals surface area (Å²) in [6.07, 6.45) is 1.86. The average molecular weight is 389 g/mol. The summed E-state index contributed by atoms with van der Waals surface area (Å²) in [5, 5.41) is 0. The first-order valence-electron chi connectivity index (χ1n) is 3.93. The average Bonchev–Trinajstić information content (AvgIpc) is 2.38. The van der Waals surface area contributed by atoms with Gasteiger partial charge in [-0.25, -0.2) is 0 Å². The Kier molecular flexibility index (Phi) is 2.87. The monoisotopic (exact) mass is 386 g/mol. The predicted molar refractivity (Wildman–Crippen MR) is 60.5 cm³/mol. The molecule has 6 heteroatoms. The van der Waals surface area contributed by atoms with Gasteiger partial charge >= 0.3 is 11.9 Å². The number of allylic oxidation sites excluding steroid dienone is 1. The summed E-state index contributed by atoms with van der Waals surface area (Å²) >= 11 is 10.1. The topological polar surface area (TPSA) is 43.4 Å². The van der Waals surface area contributed by atoms with Crippen LogP contribution in [0, 0.1) is 11.8 Å². The molecule has 0 amide bonds. The second-order valence-electron chi connectivity index (χ2n) is 3.18. The lowest BCUT2D eigenvalue weighted by Gasteiger charge is -2.26. The van der Waals surface area contributed by atoms with E-state index in [4.69, 9.17) is 0 Å². The Bertz CT molecular complexity index is 339. The number of esters is 2. The van der Waals surface area contributed by atoms with Crippen molar-refractivity contribution >= 4 is 59.7 Å². The van der Waals surface area contributed by atoms with Gasteiger partial charge in [0.15, 0.2) is 0 Å². The van der Waals surface area contributed by atoms with E-state index in [1.807, 2.05) is 6.08 Å². The number of cyclic esters (lactones) is 2. The van der Waals surface area contributed by atoms with Crippen LogP contribution in [0.4, 0.5) is 0 Å². The highest BCUT2D eigenvalue weighted by Crippen LogP contribution is 2.44. The van der Waals surface area contributed by atoms with Crippen molar-refractivity contribution in [3.63, 3.8) is 0 Å². The third-order valence-corrected chi connectivity index (χ3v) is 5.79. The molecule has 2 aliphatic rings.